The number of aryl methyl sites for hydroxylation is 1. The summed E-state index contributed by atoms with van der Waals surface area (Å²) in [6, 6.07) is 11.4. The number of nitrogens with zero attached hydrogens (tertiary/aromatic N) is 1. The lowest BCUT2D eigenvalue weighted by Gasteiger charge is -2.26. The molecule has 2 aromatic rings. The molecule has 0 atom stereocenters. The van der Waals surface area contributed by atoms with Crippen LogP contribution in [-0.4, -0.2) is 25.8 Å². The van der Waals surface area contributed by atoms with Crippen molar-refractivity contribution in [3.63, 3.8) is 0 Å². The lowest BCUT2D eigenvalue weighted by atomic mass is 10.1. The lowest BCUT2D eigenvalue weighted by Crippen LogP contribution is -2.35. The van der Waals surface area contributed by atoms with E-state index < -0.39 is 10.0 Å². The Hall–Kier alpha value is -1.39. The Kier molecular flexibility index (Phi) is 3.52. The highest BCUT2D eigenvalue weighted by Crippen LogP contribution is 2.28. The van der Waals surface area contributed by atoms with Gasteiger partial charge in [0.25, 0.3) is 0 Å². The van der Waals surface area contributed by atoms with E-state index in [0.717, 1.165) is 35.6 Å². The van der Waals surface area contributed by atoms with Gasteiger partial charge in [-0.2, -0.15) is 4.31 Å². The number of piperidine rings is 1. The van der Waals surface area contributed by atoms with E-state index in [1.165, 1.54) is 0 Å². The van der Waals surface area contributed by atoms with Crippen molar-refractivity contribution >= 4 is 20.8 Å². The maximum Gasteiger partial charge on any atom is 0.243 e. The summed E-state index contributed by atoms with van der Waals surface area (Å²) < 4.78 is 27.3. The van der Waals surface area contributed by atoms with E-state index in [1.807, 2.05) is 37.3 Å². The van der Waals surface area contributed by atoms with Crippen LogP contribution in [0.2, 0.25) is 0 Å². The molecule has 106 valence electrons. The van der Waals surface area contributed by atoms with Crippen molar-refractivity contribution < 1.29 is 8.42 Å². The molecular formula is C16H19NO2S. The quantitative estimate of drug-likeness (QED) is 0.850. The number of fused-ring (bicyclic) bond motifs is 1. The largest absolute Gasteiger partial charge is 0.243 e. The molecule has 0 spiro atoms. The zero-order chi connectivity index (χ0) is 14.2. The summed E-state index contributed by atoms with van der Waals surface area (Å²) in [4.78, 5) is 0.445. The first-order valence-corrected chi connectivity index (χ1v) is 8.53. The summed E-state index contributed by atoms with van der Waals surface area (Å²) >= 11 is 0. The standard InChI is InChI=1S/C16H19NO2S/c1-13-7-5-9-15-14(13)8-6-10-16(15)20(18,19)17-11-3-2-4-12-17/h5-10H,2-4,11-12H2,1H3. The van der Waals surface area contributed by atoms with Gasteiger partial charge in [0.05, 0.1) is 4.90 Å². The van der Waals surface area contributed by atoms with E-state index >= 15 is 0 Å². The van der Waals surface area contributed by atoms with E-state index in [-0.39, 0.29) is 0 Å². The Morgan fingerprint density at radius 3 is 2.30 bits per heavy atom. The van der Waals surface area contributed by atoms with Crippen LogP contribution >= 0.6 is 0 Å². The van der Waals surface area contributed by atoms with E-state index in [0.29, 0.717) is 18.0 Å². The van der Waals surface area contributed by atoms with Crippen LogP contribution in [0.3, 0.4) is 0 Å². The summed E-state index contributed by atoms with van der Waals surface area (Å²) in [6.07, 6.45) is 3.05. The third-order valence-corrected chi connectivity index (χ3v) is 5.99. The molecule has 1 heterocycles. The fraction of sp³-hybridized carbons (Fsp3) is 0.375. The number of rotatable bonds is 2. The molecule has 3 rings (SSSR count). The fourth-order valence-electron chi connectivity index (χ4n) is 2.91. The Bertz CT molecular complexity index is 731. The van der Waals surface area contributed by atoms with Crippen molar-refractivity contribution in [2.75, 3.05) is 13.1 Å². The predicted octanol–water partition coefficient (Wildman–Crippen LogP) is 3.32. The highest BCUT2D eigenvalue weighted by molar-refractivity contribution is 7.89. The summed E-state index contributed by atoms with van der Waals surface area (Å²) in [5.41, 5.74) is 1.11. The number of benzene rings is 2. The molecule has 0 saturated carbocycles. The summed E-state index contributed by atoms with van der Waals surface area (Å²) in [6.45, 7) is 3.30. The average Bonchev–Trinajstić information content (AvgIpc) is 2.48. The zero-order valence-corrected chi connectivity index (χ0v) is 12.5. The number of sulfonamides is 1. The maximum atomic E-state index is 12.8. The van der Waals surface area contributed by atoms with Crippen molar-refractivity contribution in [1.29, 1.82) is 0 Å². The lowest BCUT2D eigenvalue weighted by molar-refractivity contribution is 0.347. The second kappa shape index (κ2) is 5.19. The molecule has 20 heavy (non-hydrogen) atoms. The first kappa shape index (κ1) is 13.6. The van der Waals surface area contributed by atoms with Crippen LogP contribution in [0, 0.1) is 6.92 Å². The monoisotopic (exact) mass is 289 g/mol. The first-order chi connectivity index (χ1) is 9.60. The molecule has 1 aliphatic rings. The van der Waals surface area contributed by atoms with Crippen molar-refractivity contribution in [1.82, 2.24) is 4.31 Å². The molecule has 3 nitrogen and oxygen atoms in total. The zero-order valence-electron chi connectivity index (χ0n) is 11.7. The van der Waals surface area contributed by atoms with Crippen molar-refractivity contribution in [2.45, 2.75) is 31.1 Å². The number of hydrogen-bond donors (Lipinski definition) is 0. The van der Waals surface area contributed by atoms with Crippen LogP contribution in [0.15, 0.2) is 41.3 Å². The van der Waals surface area contributed by atoms with Gasteiger partial charge in [-0.15, -0.1) is 0 Å². The van der Waals surface area contributed by atoms with Gasteiger partial charge in [-0.3, -0.25) is 0 Å². The minimum atomic E-state index is -3.37. The molecule has 4 heteroatoms. The van der Waals surface area contributed by atoms with Gasteiger partial charge in [0.15, 0.2) is 0 Å². The van der Waals surface area contributed by atoms with Gasteiger partial charge < -0.3 is 0 Å². The van der Waals surface area contributed by atoms with Gasteiger partial charge >= 0.3 is 0 Å². The predicted molar refractivity (Wildman–Crippen MR) is 81.3 cm³/mol. The molecule has 0 radical (unpaired) electrons. The molecule has 0 aromatic heterocycles. The Morgan fingerprint density at radius 1 is 0.900 bits per heavy atom. The Balaban J connectivity index is 2.16. The highest BCUT2D eigenvalue weighted by atomic mass is 32.2. The highest BCUT2D eigenvalue weighted by Gasteiger charge is 2.27. The normalized spacial score (nSPS) is 17.4. The molecule has 0 aliphatic carbocycles. The molecule has 0 unspecified atom stereocenters. The molecule has 1 fully saturated rings. The van der Waals surface area contributed by atoms with Crippen LogP contribution in [0.4, 0.5) is 0 Å². The van der Waals surface area contributed by atoms with Crippen LogP contribution < -0.4 is 0 Å². The third-order valence-electron chi connectivity index (χ3n) is 4.03. The Labute approximate surface area is 120 Å². The van der Waals surface area contributed by atoms with Gasteiger partial charge in [0.1, 0.15) is 0 Å². The van der Waals surface area contributed by atoms with Crippen molar-refractivity contribution in [3.8, 4) is 0 Å². The second-order valence-electron chi connectivity index (χ2n) is 5.39. The minimum absolute atomic E-state index is 0.445. The van der Waals surface area contributed by atoms with Gasteiger partial charge in [-0.1, -0.05) is 36.8 Å². The van der Waals surface area contributed by atoms with Gasteiger partial charge in [-0.05, 0) is 36.8 Å². The van der Waals surface area contributed by atoms with Crippen LogP contribution in [-0.2, 0) is 10.0 Å². The summed E-state index contributed by atoms with van der Waals surface area (Å²) in [5.74, 6) is 0. The van der Waals surface area contributed by atoms with E-state index in [2.05, 4.69) is 0 Å². The molecule has 0 amide bonds. The molecule has 0 N–H and O–H groups in total. The molecule has 2 aromatic carbocycles. The summed E-state index contributed by atoms with van der Waals surface area (Å²) in [5, 5.41) is 1.85. The SMILES string of the molecule is Cc1cccc2c(S(=O)(=O)N3CCCCC3)cccc12. The molecular weight excluding hydrogens is 270 g/mol. The van der Waals surface area contributed by atoms with Crippen molar-refractivity contribution in [3.05, 3.63) is 42.0 Å². The minimum Gasteiger partial charge on any atom is -0.207 e. The molecule has 0 bridgehead atoms. The van der Waals surface area contributed by atoms with Gasteiger partial charge in [0, 0.05) is 18.5 Å². The molecule has 1 saturated heterocycles. The van der Waals surface area contributed by atoms with E-state index in [1.54, 1.807) is 10.4 Å². The fourth-order valence-corrected chi connectivity index (χ4v) is 4.63. The van der Waals surface area contributed by atoms with Gasteiger partial charge in [-0.25, -0.2) is 8.42 Å². The smallest absolute Gasteiger partial charge is 0.207 e. The molecule has 1 aliphatic heterocycles. The van der Waals surface area contributed by atoms with Crippen molar-refractivity contribution in [2.24, 2.45) is 0 Å². The maximum absolute atomic E-state index is 12.8. The second-order valence-corrected chi connectivity index (χ2v) is 7.30. The van der Waals surface area contributed by atoms with Crippen LogP contribution in [0.25, 0.3) is 10.8 Å². The topological polar surface area (TPSA) is 37.4 Å². The van der Waals surface area contributed by atoms with Crippen LogP contribution in [0.1, 0.15) is 24.8 Å². The summed E-state index contributed by atoms with van der Waals surface area (Å²) in [7, 11) is -3.37. The third kappa shape index (κ3) is 2.23. The van der Waals surface area contributed by atoms with Crippen LogP contribution in [0.5, 0.6) is 0 Å². The number of hydrogen-bond acceptors (Lipinski definition) is 2. The van der Waals surface area contributed by atoms with Gasteiger partial charge in [0.2, 0.25) is 10.0 Å². The average molecular weight is 289 g/mol. The first-order valence-electron chi connectivity index (χ1n) is 7.09. The van der Waals surface area contributed by atoms with E-state index in [9.17, 15) is 8.42 Å². The van der Waals surface area contributed by atoms with E-state index in [4.69, 9.17) is 0 Å². The Morgan fingerprint density at radius 2 is 1.55 bits per heavy atom.